The summed E-state index contributed by atoms with van der Waals surface area (Å²) in [6.45, 7) is 3.79. The Balaban J connectivity index is 1.66. The van der Waals surface area contributed by atoms with Crippen LogP contribution in [0.3, 0.4) is 0 Å². The van der Waals surface area contributed by atoms with Crippen molar-refractivity contribution >= 4 is 5.91 Å². The molecule has 2 N–H and O–H groups in total. The Labute approximate surface area is 116 Å². The normalized spacial score (nSPS) is 43.0. The van der Waals surface area contributed by atoms with Gasteiger partial charge in [0.15, 0.2) is 0 Å². The molecule has 4 bridgehead atoms. The zero-order chi connectivity index (χ0) is 13.6. The first-order chi connectivity index (χ1) is 8.97. The summed E-state index contributed by atoms with van der Waals surface area (Å²) < 4.78 is 0. The van der Waals surface area contributed by atoms with Crippen LogP contribution in [0.25, 0.3) is 0 Å². The lowest BCUT2D eigenvalue weighted by Gasteiger charge is -2.55. The SMILES string of the molecule is CC(O)CC(C)NC(=O)C12CC3CC(CC(C3)C1)C2. The van der Waals surface area contributed by atoms with Crippen LogP contribution in [0.15, 0.2) is 0 Å². The summed E-state index contributed by atoms with van der Waals surface area (Å²) in [4.78, 5) is 12.7. The van der Waals surface area contributed by atoms with Crippen molar-refractivity contribution in [1.29, 1.82) is 0 Å². The molecule has 0 aromatic carbocycles. The van der Waals surface area contributed by atoms with Crippen molar-refractivity contribution in [1.82, 2.24) is 5.32 Å². The Morgan fingerprint density at radius 1 is 1.16 bits per heavy atom. The summed E-state index contributed by atoms with van der Waals surface area (Å²) >= 11 is 0. The largest absolute Gasteiger partial charge is 0.393 e. The van der Waals surface area contributed by atoms with E-state index in [0.29, 0.717) is 6.42 Å². The monoisotopic (exact) mass is 265 g/mol. The molecule has 4 aliphatic rings. The summed E-state index contributed by atoms with van der Waals surface area (Å²) in [5.41, 5.74) is -0.0539. The molecule has 0 aromatic rings. The quantitative estimate of drug-likeness (QED) is 0.820. The Bertz CT molecular complexity index is 328. The van der Waals surface area contributed by atoms with Gasteiger partial charge in [0.05, 0.1) is 6.10 Å². The van der Waals surface area contributed by atoms with Crippen LogP contribution >= 0.6 is 0 Å². The van der Waals surface area contributed by atoms with Gasteiger partial charge >= 0.3 is 0 Å². The Hall–Kier alpha value is -0.570. The number of aliphatic hydroxyl groups excluding tert-OH is 1. The zero-order valence-corrected chi connectivity index (χ0v) is 12.2. The molecule has 4 rings (SSSR count). The highest BCUT2D eigenvalue weighted by atomic mass is 16.3. The van der Waals surface area contributed by atoms with Crippen LogP contribution in [0.4, 0.5) is 0 Å². The molecule has 4 aliphatic carbocycles. The van der Waals surface area contributed by atoms with Gasteiger partial charge in [-0.1, -0.05) is 0 Å². The van der Waals surface area contributed by atoms with E-state index in [4.69, 9.17) is 0 Å². The number of hydrogen-bond donors (Lipinski definition) is 2. The second kappa shape index (κ2) is 4.76. The second-order valence-corrected chi connectivity index (χ2v) is 7.66. The van der Waals surface area contributed by atoms with Crippen molar-refractivity contribution in [2.24, 2.45) is 23.2 Å². The molecule has 4 saturated carbocycles. The van der Waals surface area contributed by atoms with E-state index in [1.165, 1.54) is 19.3 Å². The molecule has 0 aromatic heterocycles. The Morgan fingerprint density at radius 2 is 1.63 bits per heavy atom. The minimum Gasteiger partial charge on any atom is -0.393 e. The van der Waals surface area contributed by atoms with E-state index in [0.717, 1.165) is 37.0 Å². The number of amides is 1. The molecule has 0 spiro atoms. The molecule has 3 heteroatoms. The Morgan fingerprint density at radius 3 is 2.05 bits per heavy atom. The van der Waals surface area contributed by atoms with Crippen molar-refractivity contribution in [3.05, 3.63) is 0 Å². The molecular formula is C16H27NO2. The van der Waals surface area contributed by atoms with Crippen LogP contribution in [0.1, 0.15) is 58.8 Å². The van der Waals surface area contributed by atoms with E-state index in [9.17, 15) is 9.90 Å². The minimum absolute atomic E-state index is 0.0539. The van der Waals surface area contributed by atoms with Gasteiger partial charge in [-0.15, -0.1) is 0 Å². The molecule has 0 heterocycles. The van der Waals surface area contributed by atoms with Crippen LogP contribution in [-0.2, 0) is 4.79 Å². The van der Waals surface area contributed by atoms with Gasteiger partial charge in [-0.25, -0.2) is 0 Å². The smallest absolute Gasteiger partial charge is 0.226 e. The lowest BCUT2D eigenvalue weighted by molar-refractivity contribution is -0.147. The lowest BCUT2D eigenvalue weighted by Crippen LogP contribution is -2.55. The fraction of sp³-hybridized carbons (Fsp3) is 0.938. The molecule has 19 heavy (non-hydrogen) atoms. The van der Waals surface area contributed by atoms with Crippen molar-refractivity contribution in [3.8, 4) is 0 Å². The molecule has 3 nitrogen and oxygen atoms in total. The number of hydrogen-bond acceptors (Lipinski definition) is 2. The lowest BCUT2D eigenvalue weighted by atomic mass is 9.49. The van der Waals surface area contributed by atoms with E-state index in [2.05, 4.69) is 5.32 Å². The van der Waals surface area contributed by atoms with Gasteiger partial charge in [-0.05, 0) is 76.5 Å². The van der Waals surface area contributed by atoms with Gasteiger partial charge in [0.2, 0.25) is 5.91 Å². The summed E-state index contributed by atoms with van der Waals surface area (Å²) in [6, 6.07) is 0.0838. The van der Waals surface area contributed by atoms with E-state index in [1.54, 1.807) is 6.92 Å². The average Bonchev–Trinajstić information content (AvgIpc) is 2.25. The number of rotatable bonds is 4. The number of nitrogens with one attached hydrogen (secondary N) is 1. The maximum absolute atomic E-state index is 12.7. The fourth-order valence-electron chi connectivity index (χ4n) is 5.34. The first-order valence-corrected chi connectivity index (χ1v) is 7.96. The number of carbonyl (C=O) groups excluding carboxylic acids is 1. The predicted molar refractivity (Wildman–Crippen MR) is 74.5 cm³/mol. The highest BCUT2D eigenvalue weighted by Crippen LogP contribution is 2.60. The van der Waals surface area contributed by atoms with Gasteiger partial charge in [-0.3, -0.25) is 4.79 Å². The molecule has 4 fully saturated rings. The molecule has 2 unspecified atom stereocenters. The van der Waals surface area contributed by atoms with Crippen molar-refractivity contribution in [3.63, 3.8) is 0 Å². The molecule has 108 valence electrons. The van der Waals surface area contributed by atoms with Gasteiger partial charge in [0.1, 0.15) is 0 Å². The topological polar surface area (TPSA) is 49.3 Å². The summed E-state index contributed by atoms with van der Waals surface area (Å²) in [5.74, 6) is 2.71. The van der Waals surface area contributed by atoms with Gasteiger partial charge in [0, 0.05) is 11.5 Å². The van der Waals surface area contributed by atoms with E-state index >= 15 is 0 Å². The highest BCUT2D eigenvalue weighted by molar-refractivity contribution is 5.83. The summed E-state index contributed by atoms with van der Waals surface area (Å²) in [7, 11) is 0. The second-order valence-electron chi connectivity index (χ2n) is 7.66. The molecule has 0 radical (unpaired) electrons. The van der Waals surface area contributed by atoms with Gasteiger partial charge in [0.25, 0.3) is 0 Å². The average molecular weight is 265 g/mol. The molecule has 0 saturated heterocycles. The minimum atomic E-state index is -0.341. The third kappa shape index (κ3) is 2.54. The summed E-state index contributed by atoms with van der Waals surface area (Å²) in [6.07, 6.45) is 7.77. The third-order valence-corrected chi connectivity index (χ3v) is 5.59. The van der Waals surface area contributed by atoms with E-state index in [-0.39, 0.29) is 23.5 Å². The molecular weight excluding hydrogens is 238 g/mol. The Kier molecular flexibility index (Phi) is 3.36. The van der Waals surface area contributed by atoms with Crippen molar-refractivity contribution < 1.29 is 9.90 Å². The standard InChI is InChI=1S/C16H27NO2/c1-10(3-11(2)18)17-15(19)16-7-12-4-13(8-16)6-14(5-12)9-16/h10-14,18H,3-9H2,1-2H3,(H,17,19). The van der Waals surface area contributed by atoms with E-state index in [1.807, 2.05) is 6.92 Å². The van der Waals surface area contributed by atoms with Crippen molar-refractivity contribution in [2.45, 2.75) is 70.9 Å². The van der Waals surface area contributed by atoms with Gasteiger partial charge in [-0.2, -0.15) is 0 Å². The summed E-state index contributed by atoms with van der Waals surface area (Å²) in [5, 5.41) is 12.6. The first kappa shape index (κ1) is 13.4. The fourth-order valence-corrected chi connectivity index (χ4v) is 5.34. The van der Waals surface area contributed by atoms with E-state index < -0.39 is 0 Å². The highest BCUT2D eigenvalue weighted by Gasteiger charge is 2.54. The van der Waals surface area contributed by atoms with Crippen LogP contribution in [0.5, 0.6) is 0 Å². The number of aliphatic hydroxyl groups is 1. The maximum Gasteiger partial charge on any atom is 0.226 e. The third-order valence-electron chi connectivity index (χ3n) is 5.59. The molecule has 0 aliphatic heterocycles. The zero-order valence-electron chi connectivity index (χ0n) is 12.2. The predicted octanol–water partition coefficient (Wildman–Crippen LogP) is 2.48. The molecule has 1 amide bonds. The molecule has 2 atom stereocenters. The van der Waals surface area contributed by atoms with Gasteiger partial charge < -0.3 is 10.4 Å². The number of carbonyl (C=O) groups is 1. The van der Waals surface area contributed by atoms with Crippen LogP contribution < -0.4 is 5.32 Å². The first-order valence-electron chi connectivity index (χ1n) is 7.96. The van der Waals surface area contributed by atoms with Crippen LogP contribution in [0.2, 0.25) is 0 Å². The van der Waals surface area contributed by atoms with Crippen LogP contribution in [-0.4, -0.2) is 23.2 Å². The maximum atomic E-state index is 12.7. The van der Waals surface area contributed by atoms with Crippen molar-refractivity contribution in [2.75, 3.05) is 0 Å². The van der Waals surface area contributed by atoms with Crippen LogP contribution in [0, 0.1) is 23.2 Å².